The second kappa shape index (κ2) is 6.00. The van der Waals surface area contributed by atoms with Crippen molar-refractivity contribution in [3.05, 3.63) is 16.1 Å². The highest BCUT2D eigenvalue weighted by molar-refractivity contribution is 7.11. The zero-order valence-corrected chi connectivity index (χ0v) is 11.8. The molecule has 7 nitrogen and oxygen atoms in total. The van der Waals surface area contributed by atoms with E-state index in [4.69, 9.17) is 5.11 Å². The Labute approximate surface area is 119 Å². The number of amides is 2. The summed E-state index contributed by atoms with van der Waals surface area (Å²) in [6.07, 6.45) is 1.50. The molecule has 1 fully saturated rings. The molecule has 2 heterocycles. The Morgan fingerprint density at radius 1 is 1.50 bits per heavy atom. The molecule has 1 aromatic heterocycles. The van der Waals surface area contributed by atoms with E-state index in [9.17, 15) is 14.4 Å². The van der Waals surface area contributed by atoms with Crippen LogP contribution in [0.15, 0.2) is 5.38 Å². The SMILES string of the molecule is CNC(=O)C1CCCN(C(=O)c2nc(C(=O)O)cs2)C1. The minimum Gasteiger partial charge on any atom is -0.476 e. The second-order valence-corrected chi connectivity index (χ2v) is 5.41. The number of aromatic nitrogens is 1. The molecule has 0 radical (unpaired) electrons. The fourth-order valence-electron chi connectivity index (χ4n) is 2.19. The maximum Gasteiger partial charge on any atom is 0.355 e. The van der Waals surface area contributed by atoms with Crippen LogP contribution in [0.4, 0.5) is 0 Å². The van der Waals surface area contributed by atoms with Gasteiger partial charge in [0.15, 0.2) is 10.7 Å². The molecule has 20 heavy (non-hydrogen) atoms. The number of carboxylic acid groups (broad SMARTS) is 1. The van der Waals surface area contributed by atoms with Crippen LogP contribution in [0.1, 0.15) is 33.1 Å². The monoisotopic (exact) mass is 297 g/mol. The van der Waals surface area contributed by atoms with Gasteiger partial charge in [0.25, 0.3) is 5.91 Å². The lowest BCUT2D eigenvalue weighted by Gasteiger charge is -2.31. The first-order valence-corrected chi connectivity index (χ1v) is 7.10. The summed E-state index contributed by atoms with van der Waals surface area (Å²) in [5.41, 5.74) is -0.127. The Hall–Kier alpha value is -1.96. The summed E-state index contributed by atoms with van der Waals surface area (Å²) in [6.45, 7) is 0.912. The van der Waals surface area contributed by atoms with Crippen molar-refractivity contribution in [1.82, 2.24) is 15.2 Å². The third kappa shape index (κ3) is 2.96. The number of aromatic carboxylic acids is 1. The van der Waals surface area contributed by atoms with Crippen molar-refractivity contribution in [2.24, 2.45) is 5.92 Å². The number of piperidine rings is 1. The Morgan fingerprint density at radius 2 is 2.25 bits per heavy atom. The van der Waals surface area contributed by atoms with Crippen LogP contribution in [0.2, 0.25) is 0 Å². The van der Waals surface area contributed by atoms with Gasteiger partial charge in [-0.15, -0.1) is 11.3 Å². The first-order valence-electron chi connectivity index (χ1n) is 6.22. The molecule has 1 aliphatic rings. The van der Waals surface area contributed by atoms with E-state index in [0.29, 0.717) is 13.1 Å². The minimum absolute atomic E-state index is 0.0761. The third-order valence-corrected chi connectivity index (χ3v) is 4.06. The molecule has 1 aromatic rings. The number of nitrogens with one attached hydrogen (secondary N) is 1. The van der Waals surface area contributed by atoms with Crippen LogP contribution in [-0.4, -0.2) is 52.9 Å². The molecule has 1 saturated heterocycles. The lowest BCUT2D eigenvalue weighted by molar-refractivity contribution is -0.125. The zero-order chi connectivity index (χ0) is 14.7. The first kappa shape index (κ1) is 14.4. The smallest absolute Gasteiger partial charge is 0.355 e. The summed E-state index contributed by atoms with van der Waals surface area (Å²) in [5, 5.41) is 12.9. The van der Waals surface area contributed by atoms with Gasteiger partial charge in [-0.25, -0.2) is 9.78 Å². The summed E-state index contributed by atoms with van der Waals surface area (Å²) in [5.74, 6) is -1.75. The molecule has 0 bridgehead atoms. The van der Waals surface area contributed by atoms with E-state index in [1.807, 2.05) is 0 Å². The highest BCUT2D eigenvalue weighted by atomic mass is 32.1. The Morgan fingerprint density at radius 3 is 2.85 bits per heavy atom. The quantitative estimate of drug-likeness (QED) is 0.843. The molecule has 2 amide bonds. The second-order valence-electron chi connectivity index (χ2n) is 4.55. The number of carbonyl (C=O) groups is 3. The molecule has 0 aliphatic carbocycles. The standard InChI is InChI=1S/C12H15N3O4S/c1-13-9(16)7-3-2-4-15(5-7)11(17)10-14-8(6-20-10)12(18)19/h6-7H,2-5H2,1H3,(H,13,16)(H,18,19). The van der Waals surface area contributed by atoms with Crippen molar-refractivity contribution in [3.8, 4) is 0 Å². The van der Waals surface area contributed by atoms with Gasteiger partial charge < -0.3 is 15.3 Å². The van der Waals surface area contributed by atoms with Crippen LogP contribution < -0.4 is 5.32 Å². The summed E-state index contributed by atoms with van der Waals surface area (Å²) in [7, 11) is 1.57. The van der Waals surface area contributed by atoms with E-state index in [1.165, 1.54) is 5.38 Å². The van der Waals surface area contributed by atoms with Gasteiger partial charge in [-0.1, -0.05) is 0 Å². The summed E-state index contributed by atoms with van der Waals surface area (Å²) < 4.78 is 0. The van der Waals surface area contributed by atoms with Gasteiger partial charge in [-0.05, 0) is 12.8 Å². The first-order chi connectivity index (χ1) is 9.52. The van der Waals surface area contributed by atoms with Crippen molar-refractivity contribution >= 4 is 29.1 Å². The molecular weight excluding hydrogens is 282 g/mol. The van der Waals surface area contributed by atoms with E-state index in [1.54, 1.807) is 11.9 Å². The number of rotatable bonds is 3. The average molecular weight is 297 g/mol. The highest BCUT2D eigenvalue weighted by Gasteiger charge is 2.29. The van der Waals surface area contributed by atoms with Crippen molar-refractivity contribution < 1.29 is 19.5 Å². The van der Waals surface area contributed by atoms with Crippen molar-refractivity contribution in [2.45, 2.75) is 12.8 Å². The number of thiazole rings is 1. The highest BCUT2D eigenvalue weighted by Crippen LogP contribution is 2.20. The fourth-order valence-corrected chi connectivity index (χ4v) is 2.94. The number of nitrogens with zero attached hydrogens (tertiary/aromatic N) is 2. The van der Waals surface area contributed by atoms with Crippen LogP contribution in [0.3, 0.4) is 0 Å². The number of hydrogen-bond acceptors (Lipinski definition) is 5. The van der Waals surface area contributed by atoms with Gasteiger partial charge in [0.1, 0.15) is 0 Å². The fraction of sp³-hybridized carbons (Fsp3) is 0.500. The molecule has 1 atom stereocenters. The zero-order valence-electron chi connectivity index (χ0n) is 11.0. The topological polar surface area (TPSA) is 99.6 Å². The number of carboxylic acids is 1. The average Bonchev–Trinajstić information content (AvgIpc) is 2.95. The molecular formula is C12H15N3O4S. The van der Waals surface area contributed by atoms with Gasteiger partial charge in [0.05, 0.1) is 5.92 Å². The van der Waals surface area contributed by atoms with Crippen LogP contribution in [0.25, 0.3) is 0 Å². The molecule has 0 aromatic carbocycles. The molecule has 1 unspecified atom stereocenters. The molecule has 0 saturated carbocycles. The molecule has 0 spiro atoms. The summed E-state index contributed by atoms with van der Waals surface area (Å²) >= 11 is 1.01. The predicted octanol–water partition coefficient (Wildman–Crippen LogP) is 0.439. The van der Waals surface area contributed by atoms with E-state index < -0.39 is 5.97 Å². The van der Waals surface area contributed by atoms with E-state index in [2.05, 4.69) is 10.3 Å². The van der Waals surface area contributed by atoms with Gasteiger partial charge in [0.2, 0.25) is 5.91 Å². The normalized spacial score (nSPS) is 18.6. The molecule has 8 heteroatoms. The maximum absolute atomic E-state index is 12.2. The predicted molar refractivity (Wildman–Crippen MR) is 71.8 cm³/mol. The Bertz CT molecular complexity index is 543. The summed E-state index contributed by atoms with van der Waals surface area (Å²) in [6, 6.07) is 0. The van der Waals surface area contributed by atoms with Gasteiger partial charge >= 0.3 is 5.97 Å². The van der Waals surface area contributed by atoms with E-state index in [0.717, 1.165) is 24.2 Å². The number of hydrogen-bond donors (Lipinski definition) is 2. The lowest BCUT2D eigenvalue weighted by atomic mass is 9.97. The van der Waals surface area contributed by atoms with Crippen molar-refractivity contribution in [2.75, 3.05) is 20.1 Å². The molecule has 2 rings (SSSR count). The van der Waals surface area contributed by atoms with Crippen LogP contribution in [-0.2, 0) is 4.79 Å². The minimum atomic E-state index is -1.15. The van der Waals surface area contributed by atoms with Crippen molar-refractivity contribution in [3.63, 3.8) is 0 Å². The van der Waals surface area contributed by atoms with Gasteiger partial charge in [-0.3, -0.25) is 9.59 Å². The van der Waals surface area contributed by atoms with Gasteiger partial charge in [-0.2, -0.15) is 0 Å². The number of carbonyl (C=O) groups excluding carboxylic acids is 2. The van der Waals surface area contributed by atoms with Crippen LogP contribution >= 0.6 is 11.3 Å². The summed E-state index contributed by atoms with van der Waals surface area (Å²) in [4.78, 5) is 40.0. The van der Waals surface area contributed by atoms with Crippen LogP contribution in [0, 0.1) is 5.92 Å². The lowest BCUT2D eigenvalue weighted by Crippen LogP contribution is -2.44. The van der Waals surface area contributed by atoms with Gasteiger partial charge in [0, 0.05) is 25.5 Å². The van der Waals surface area contributed by atoms with Crippen LogP contribution in [0.5, 0.6) is 0 Å². The largest absolute Gasteiger partial charge is 0.476 e. The molecule has 1 aliphatic heterocycles. The molecule has 2 N–H and O–H groups in total. The third-order valence-electron chi connectivity index (χ3n) is 3.23. The van der Waals surface area contributed by atoms with E-state index in [-0.39, 0.29) is 28.4 Å². The Balaban J connectivity index is 2.08. The van der Waals surface area contributed by atoms with E-state index >= 15 is 0 Å². The van der Waals surface area contributed by atoms with Crippen molar-refractivity contribution in [1.29, 1.82) is 0 Å². The maximum atomic E-state index is 12.2. The Kier molecular flexibility index (Phi) is 4.33. The molecule has 108 valence electrons. The number of likely N-dealkylation sites (tertiary alicyclic amines) is 1.